The highest BCUT2D eigenvalue weighted by molar-refractivity contribution is 5.14. The van der Waals surface area contributed by atoms with Crippen LogP contribution < -0.4 is 5.32 Å². The molecule has 3 aliphatic rings. The molecule has 1 heterocycles. The van der Waals surface area contributed by atoms with Crippen molar-refractivity contribution in [3.63, 3.8) is 0 Å². The Hall–Kier alpha value is -0.590. The minimum absolute atomic E-state index is 0.228. The summed E-state index contributed by atoms with van der Waals surface area (Å²) < 4.78 is 0. The van der Waals surface area contributed by atoms with Crippen molar-refractivity contribution in [2.75, 3.05) is 13.1 Å². The van der Waals surface area contributed by atoms with Crippen molar-refractivity contribution in [2.45, 2.75) is 89.3 Å². The maximum absolute atomic E-state index is 9.74. The molecular formula is C18H31N3. The van der Waals surface area contributed by atoms with Gasteiger partial charge in [-0.1, -0.05) is 13.8 Å². The van der Waals surface area contributed by atoms with Crippen LogP contribution in [0.3, 0.4) is 0 Å². The molecule has 1 aliphatic heterocycles. The zero-order valence-corrected chi connectivity index (χ0v) is 13.8. The van der Waals surface area contributed by atoms with Gasteiger partial charge in [0.25, 0.3) is 0 Å². The molecule has 3 nitrogen and oxygen atoms in total. The second-order valence-electron chi connectivity index (χ2n) is 7.79. The predicted octanol–water partition coefficient (Wildman–Crippen LogP) is 3.46. The molecule has 0 aromatic carbocycles. The van der Waals surface area contributed by atoms with Gasteiger partial charge in [-0.05, 0) is 69.7 Å². The lowest BCUT2D eigenvalue weighted by atomic mass is 9.78. The van der Waals surface area contributed by atoms with E-state index in [4.69, 9.17) is 0 Å². The van der Waals surface area contributed by atoms with Gasteiger partial charge in [-0.25, -0.2) is 0 Å². The molecule has 118 valence electrons. The van der Waals surface area contributed by atoms with Gasteiger partial charge in [-0.2, -0.15) is 5.26 Å². The van der Waals surface area contributed by atoms with Crippen molar-refractivity contribution in [1.82, 2.24) is 10.2 Å². The van der Waals surface area contributed by atoms with Gasteiger partial charge in [-0.15, -0.1) is 0 Å². The molecule has 1 N–H and O–H groups in total. The minimum atomic E-state index is -0.228. The van der Waals surface area contributed by atoms with Crippen LogP contribution in [0.15, 0.2) is 0 Å². The summed E-state index contributed by atoms with van der Waals surface area (Å²) >= 11 is 0. The average Bonchev–Trinajstić information content (AvgIpc) is 3.22. The van der Waals surface area contributed by atoms with Gasteiger partial charge >= 0.3 is 0 Å². The van der Waals surface area contributed by atoms with E-state index in [1.165, 1.54) is 58.0 Å². The van der Waals surface area contributed by atoms with E-state index in [0.29, 0.717) is 17.5 Å². The van der Waals surface area contributed by atoms with Crippen LogP contribution in [-0.2, 0) is 0 Å². The third-order valence-electron chi connectivity index (χ3n) is 6.48. The lowest BCUT2D eigenvalue weighted by Gasteiger charge is -2.41. The number of nitriles is 1. The van der Waals surface area contributed by atoms with Crippen molar-refractivity contribution in [3.05, 3.63) is 0 Å². The smallest absolute Gasteiger partial charge is 0.108 e. The Bertz CT molecular complexity index is 405. The van der Waals surface area contributed by atoms with Crippen molar-refractivity contribution in [3.8, 4) is 6.07 Å². The van der Waals surface area contributed by atoms with Crippen LogP contribution in [0.5, 0.6) is 0 Å². The fourth-order valence-electron chi connectivity index (χ4n) is 4.55. The highest BCUT2D eigenvalue weighted by Crippen LogP contribution is 2.41. The topological polar surface area (TPSA) is 39.1 Å². The van der Waals surface area contributed by atoms with Crippen LogP contribution in [0.2, 0.25) is 0 Å². The molecule has 3 rings (SSSR count). The molecule has 0 radical (unpaired) electrons. The van der Waals surface area contributed by atoms with Crippen LogP contribution in [0.1, 0.15) is 71.6 Å². The van der Waals surface area contributed by atoms with Crippen LogP contribution in [0, 0.1) is 16.7 Å². The summed E-state index contributed by atoms with van der Waals surface area (Å²) in [5, 5.41) is 13.4. The summed E-state index contributed by atoms with van der Waals surface area (Å²) in [6.45, 7) is 7.21. The molecule has 0 aromatic rings. The van der Waals surface area contributed by atoms with Gasteiger partial charge in [0.05, 0.1) is 6.07 Å². The maximum atomic E-state index is 9.74. The molecular weight excluding hydrogens is 258 g/mol. The van der Waals surface area contributed by atoms with Gasteiger partial charge in [-0.3, -0.25) is 10.2 Å². The molecule has 3 fully saturated rings. The summed E-state index contributed by atoms with van der Waals surface area (Å²) in [6, 6.07) is 3.91. The Morgan fingerprint density at radius 3 is 2.52 bits per heavy atom. The lowest BCUT2D eigenvalue weighted by Crippen LogP contribution is -2.53. The van der Waals surface area contributed by atoms with Crippen LogP contribution >= 0.6 is 0 Å². The second-order valence-corrected chi connectivity index (χ2v) is 7.79. The predicted molar refractivity (Wildman–Crippen MR) is 86.0 cm³/mol. The normalized spacial score (nSPS) is 36.5. The Morgan fingerprint density at radius 2 is 1.95 bits per heavy atom. The molecule has 0 bridgehead atoms. The van der Waals surface area contributed by atoms with E-state index in [9.17, 15) is 5.26 Å². The van der Waals surface area contributed by atoms with Gasteiger partial charge in [0.15, 0.2) is 0 Å². The number of rotatable bonds is 5. The largest absolute Gasteiger partial charge is 0.300 e. The van der Waals surface area contributed by atoms with Crippen LogP contribution in [-0.4, -0.2) is 35.6 Å². The molecule has 0 aromatic heterocycles. The quantitative estimate of drug-likeness (QED) is 0.842. The highest BCUT2D eigenvalue weighted by atomic mass is 15.2. The van der Waals surface area contributed by atoms with Gasteiger partial charge in [0.2, 0.25) is 0 Å². The van der Waals surface area contributed by atoms with Crippen molar-refractivity contribution in [2.24, 2.45) is 5.41 Å². The molecule has 2 aliphatic carbocycles. The second kappa shape index (κ2) is 5.89. The molecule has 0 spiro atoms. The van der Waals surface area contributed by atoms with Gasteiger partial charge < -0.3 is 0 Å². The molecule has 2 unspecified atom stereocenters. The molecule has 0 amide bonds. The van der Waals surface area contributed by atoms with Crippen molar-refractivity contribution in [1.29, 1.82) is 5.26 Å². The lowest BCUT2D eigenvalue weighted by molar-refractivity contribution is 0.125. The minimum Gasteiger partial charge on any atom is -0.300 e. The Labute approximate surface area is 130 Å². The Balaban J connectivity index is 1.65. The van der Waals surface area contributed by atoms with Gasteiger partial charge in [0, 0.05) is 18.6 Å². The summed E-state index contributed by atoms with van der Waals surface area (Å²) in [6.07, 6.45) is 11.1. The van der Waals surface area contributed by atoms with E-state index >= 15 is 0 Å². The fraction of sp³-hybridized carbons (Fsp3) is 0.944. The molecule has 2 saturated carbocycles. The zero-order valence-electron chi connectivity index (χ0n) is 13.8. The molecule has 2 atom stereocenters. The number of likely N-dealkylation sites (tertiary alicyclic amines) is 1. The Kier molecular flexibility index (Phi) is 4.30. The monoisotopic (exact) mass is 289 g/mol. The summed E-state index contributed by atoms with van der Waals surface area (Å²) in [5.74, 6) is 0. The first kappa shape index (κ1) is 15.3. The first-order chi connectivity index (χ1) is 10.1. The van der Waals surface area contributed by atoms with E-state index in [2.05, 4.69) is 30.1 Å². The fourth-order valence-corrected chi connectivity index (χ4v) is 4.55. The molecule has 21 heavy (non-hydrogen) atoms. The highest BCUT2D eigenvalue weighted by Gasteiger charge is 2.44. The van der Waals surface area contributed by atoms with E-state index in [1.54, 1.807) is 0 Å². The third kappa shape index (κ3) is 3.12. The number of hydrogen-bond acceptors (Lipinski definition) is 3. The van der Waals surface area contributed by atoms with E-state index in [1.807, 2.05) is 0 Å². The number of nitrogens with zero attached hydrogens (tertiary/aromatic N) is 2. The molecule has 3 heteroatoms. The number of hydrogen-bond donors (Lipinski definition) is 1. The van der Waals surface area contributed by atoms with Crippen LogP contribution in [0.25, 0.3) is 0 Å². The average molecular weight is 289 g/mol. The van der Waals surface area contributed by atoms with Gasteiger partial charge in [0.1, 0.15) is 5.54 Å². The van der Waals surface area contributed by atoms with Crippen LogP contribution in [0.4, 0.5) is 0 Å². The van der Waals surface area contributed by atoms with E-state index in [0.717, 1.165) is 12.8 Å². The molecule has 1 saturated heterocycles. The van der Waals surface area contributed by atoms with Crippen molar-refractivity contribution < 1.29 is 0 Å². The SMILES string of the molecule is CCC1(CC)CCN(C2CCCC(C#N)(NC3CC3)C2)C1. The first-order valence-corrected chi connectivity index (χ1v) is 9.07. The third-order valence-corrected chi connectivity index (χ3v) is 6.48. The van der Waals surface area contributed by atoms with E-state index < -0.39 is 0 Å². The number of nitrogens with one attached hydrogen (secondary N) is 1. The summed E-state index contributed by atoms with van der Waals surface area (Å²) in [5.41, 5.74) is 0.324. The maximum Gasteiger partial charge on any atom is 0.108 e. The van der Waals surface area contributed by atoms with E-state index in [-0.39, 0.29) is 5.54 Å². The Morgan fingerprint density at radius 1 is 1.19 bits per heavy atom. The summed E-state index contributed by atoms with van der Waals surface area (Å²) in [7, 11) is 0. The summed E-state index contributed by atoms with van der Waals surface area (Å²) in [4.78, 5) is 2.72. The first-order valence-electron chi connectivity index (χ1n) is 9.07. The van der Waals surface area contributed by atoms with Crippen molar-refractivity contribution >= 4 is 0 Å². The zero-order chi connectivity index (χ0) is 14.9. The standard InChI is InChI=1S/C18H31N3/c1-3-17(4-2)10-11-21(14-17)16-6-5-9-18(12-16,13-19)20-15-7-8-15/h15-16,20H,3-12,14H2,1-2H3.